The number of benzene rings is 2. The van der Waals surface area contributed by atoms with Gasteiger partial charge in [0.05, 0.1) is 25.4 Å². The lowest BCUT2D eigenvalue weighted by Crippen LogP contribution is -2.34. The van der Waals surface area contributed by atoms with Crippen LogP contribution in [0.2, 0.25) is 0 Å². The van der Waals surface area contributed by atoms with Gasteiger partial charge in [-0.3, -0.25) is 4.98 Å². The number of hydrazone groups is 1. The monoisotopic (exact) mass is 509 g/mol. The predicted octanol–water partition coefficient (Wildman–Crippen LogP) is 4.68. The summed E-state index contributed by atoms with van der Waals surface area (Å²) in [7, 11) is 1.58. The van der Waals surface area contributed by atoms with Crippen molar-refractivity contribution in [3.05, 3.63) is 54.0 Å². The average molecular weight is 510 g/mol. The molecule has 1 aliphatic rings. The fourth-order valence-corrected chi connectivity index (χ4v) is 4.21. The Morgan fingerprint density at radius 2 is 2.00 bits per heavy atom. The zero-order valence-corrected chi connectivity index (χ0v) is 21.1. The Hall–Kier alpha value is -3.92. The average Bonchev–Trinajstić information content (AvgIpc) is 2.88. The molecule has 2 amide bonds. The van der Waals surface area contributed by atoms with E-state index < -0.39 is 11.8 Å². The number of nitrogens with one attached hydrogen (secondary N) is 1. The van der Waals surface area contributed by atoms with Gasteiger partial charge in [0.1, 0.15) is 5.75 Å². The highest BCUT2D eigenvalue weighted by atomic mass is 19.1. The fraction of sp³-hybridized carbons (Fsp3) is 0.370. The van der Waals surface area contributed by atoms with Crippen molar-refractivity contribution in [2.45, 2.75) is 26.2 Å². The Kier molecular flexibility index (Phi) is 8.73. The van der Waals surface area contributed by atoms with Gasteiger partial charge in [-0.25, -0.2) is 14.6 Å². The van der Waals surface area contributed by atoms with Crippen LogP contribution in [-0.2, 0) is 0 Å². The van der Waals surface area contributed by atoms with Crippen molar-refractivity contribution in [3.8, 4) is 23.0 Å². The Morgan fingerprint density at radius 3 is 2.73 bits per heavy atom. The van der Waals surface area contributed by atoms with Gasteiger partial charge in [0.15, 0.2) is 23.1 Å². The third-order valence-electron chi connectivity index (χ3n) is 6.30. The van der Waals surface area contributed by atoms with Crippen molar-refractivity contribution in [2.24, 2.45) is 16.8 Å². The van der Waals surface area contributed by atoms with Gasteiger partial charge >= 0.3 is 6.03 Å². The maximum Gasteiger partial charge on any atom is 0.332 e. The summed E-state index contributed by atoms with van der Waals surface area (Å²) in [6.07, 6.45) is 6.31. The first-order chi connectivity index (χ1) is 17.9. The molecule has 1 saturated heterocycles. The second-order valence-electron chi connectivity index (χ2n) is 9.08. The van der Waals surface area contributed by atoms with Crippen molar-refractivity contribution < 1.29 is 23.4 Å². The highest BCUT2D eigenvalue weighted by Crippen LogP contribution is 2.37. The summed E-state index contributed by atoms with van der Waals surface area (Å²) in [6, 6.07) is 8.77. The SMILES string of the molecule is COc1cc2c(Oc3ccc(C=NNC(N)=O)cc3F)ccnc2cc1OCCCN1CCC(C)CC1. The number of primary amides is 1. The molecule has 10 heteroatoms. The van der Waals surface area contributed by atoms with Gasteiger partial charge < -0.3 is 24.8 Å². The number of fused-ring (bicyclic) bond motifs is 1. The number of likely N-dealkylation sites (tertiary alicyclic amines) is 1. The van der Waals surface area contributed by atoms with Gasteiger partial charge in [-0.1, -0.05) is 6.92 Å². The number of hydrogen-bond donors (Lipinski definition) is 2. The number of aromatic nitrogens is 1. The minimum Gasteiger partial charge on any atom is -0.493 e. The number of nitrogens with two attached hydrogens (primary N) is 1. The van der Waals surface area contributed by atoms with Gasteiger partial charge in [-0.2, -0.15) is 5.10 Å². The molecule has 0 bridgehead atoms. The second kappa shape index (κ2) is 12.4. The van der Waals surface area contributed by atoms with Crippen molar-refractivity contribution in [1.82, 2.24) is 15.3 Å². The number of carbonyl (C=O) groups is 1. The quantitative estimate of drug-likeness (QED) is 0.233. The maximum absolute atomic E-state index is 14.7. The van der Waals surface area contributed by atoms with E-state index in [4.69, 9.17) is 19.9 Å². The Labute approximate surface area is 215 Å². The number of methoxy groups -OCH3 is 1. The smallest absolute Gasteiger partial charge is 0.332 e. The summed E-state index contributed by atoms with van der Waals surface area (Å²) < 4.78 is 32.2. The zero-order valence-electron chi connectivity index (χ0n) is 21.1. The summed E-state index contributed by atoms with van der Waals surface area (Å²) in [4.78, 5) is 17.6. The van der Waals surface area contributed by atoms with Crippen LogP contribution in [0.4, 0.5) is 9.18 Å². The Morgan fingerprint density at radius 1 is 1.19 bits per heavy atom. The summed E-state index contributed by atoms with van der Waals surface area (Å²) in [5.41, 5.74) is 8.08. The molecular formula is C27H32FN5O4. The van der Waals surface area contributed by atoms with E-state index in [1.807, 2.05) is 6.07 Å². The van der Waals surface area contributed by atoms with Gasteiger partial charge in [-0.05, 0) is 74.2 Å². The minimum atomic E-state index is -0.808. The number of carbonyl (C=O) groups excluding carboxylic acids is 1. The number of nitrogens with zero attached hydrogens (tertiary/aromatic N) is 3. The summed E-state index contributed by atoms with van der Waals surface area (Å²) in [5.74, 6) is 1.82. The molecule has 9 nitrogen and oxygen atoms in total. The molecule has 0 atom stereocenters. The molecule has 1 aromatic heterocycles. The number of urea groups is 1. The number of piperidine rings is 1. The molecule has 2 aromatic carbocycles. The summed E-state index contributed by atoms with van der Waals surface area (Å²) >= 11 is 0. The number of hydrogen-bond acceptors (Lipinski definition) is 7. The number of ether oxygens (including phenoxy) is 3. The highest BCUT2D eigenvalue weighted by molar-refractivity contribution is 5.88. The number of halogens is 1. The molecule has 2 heterocycles. The predicted molar refractivity (Wildman–Crippen MR) is 140 cm³/mol. The topological polar surface area (TPSA) is 111 Å². The van der Waals surface area contributed by atoms with Crippen LogP contribution in [0.3, 0.4) is 0 Å². The molecule has 0 saturated carbocycles. The summed E-state index contributed by atoms with van der Waals surface area (Å²) in [5, 5.41) is 4.28. The molecule has 3 N–H and O–H groups in total. The Balaban J connectivity index is 1.44. The van der Waals surface area contributed by atoms with E-state index in [0.717, 1.165) is 32.0 Å². The van der Waals surface area contributed by atoms with E-state index >= 15 is 0 Å². The fourth-order valence-electron chi connectivity index (χ4n) is 4.21. The van der Waals surface area contributed by atoms with Crippen molar-refractivity contribution >= 4 is 23.1 Å². The molecule has 0 unspecified atom stereocenters. The lowest BCUT2D eigenvalue weighted by molar-refractivity contribution is 0.176. The van der Waals surface area contributed by atoms with Gasteiger partial charge in [-0.15, -0.1) is 0 Å². The molecule has 1 aliphatic heterocycles. The molecule has 37 heavy (non-hydrogen) atoms. The van der Waals surface area contributed by atoms with Crippen LogP contribution < -0.4 is 25.4 Å². The molecule has 1 fully saturated rings. The van der Waals surface area contributed by atoms with Gasteiger partial charge in [0.2, 0.25) is 0 Å². The van der Waals surface area contributed by atoms with Crippen LogP contribution in [0.5, 0.6) is 23.0 Å². The number of rotatable bonds is 10. The molecule has 0 aliphatic carbocycles. The van der Waals surface area contributed by atoms with Gasteiger partial charge in [0, 0.05) is 24.2 Å². The highest BCUT2D eigenvalue weighted by Gasteiger charge is 2.16. The first kappa shape index (κ1) is 26.2. The number of pyridine rings is 1. The van der Waals surface area contributed by atoms with Crippen molar-refractivity contribution in [2.75, 3.05) is 33.4 Å². The van der Waals surface area contributed by atoms with Crippen LogP contribution >= 0.6 is 0 Å². The molecular weight excluding hydrogens is 477 g/mol. The lowest BCUT2D eigenvalue weighted by atomic mass is 9.99. The molecule has 0 radical (unpaired) electrons. The maximum atomic E-state index is 14.7. The standard InChI is InChI=1S/C27H32FN5O4/c1-18-7-11-33(12-8-18)10-3-13-36-26-16-22-20(15-25(26)35-2)23(6-9-30-22)37-24-5-4-19(14-21(24)28)17-31-32-27(29)34/h4-6,9,14-18H,3,7-8,10-13H2,1-2H3,(H3,29,32,34). The van der Waals surface area contributed by atoms with Crippen molar-refractivity contribution in [1.29, 1.82) is 0 Å². The first-order valence-electron chi connectivity index (χ1n) is 12.3. The van der Waals surface area contributed by atoms with Crippen LogP contribution in [0, 0.1) is 11.7 Å². The van der Waals surface area contributed by atoms with E-state index in [-0.39, 0.29) is 5.75 Å². The third-order valence-corrected chi connectivity index (χ3v) is 6.30. The number of amides is 2. The minimum absolute atomic E-state index is 0.0268. The van der Waals surface area contributed by atoms with E-state index in [2.05, 4.69) is 27.3 Å². The largest absolute Gasteiger partial charge is 0.493 e. The van der Waals surface area contributed by atoms with Crippen molar-refractivity contribution in [3.63, 3.8) is 0 Å². The zero-order chi connectivity index (χ0) is 26.2. The van der Waals surface area contributed by atoms with Crippen LogP contribution in [0.15, 0.2) is 47.7 Å². The second-order valence-corrected chi connectivity index (χ2v) is 9.08. The van der Waals surface area contributed by atoms with E-state index in [0.29, 0.717) is 40.3 Å². The van der Waals surface area contributed by atoms with Crippen LogP contribution in [-0.4, -0.2) is 55.5 Å². The Bertz CT molecular complexity index is 1260. The normalized spacial score (nSPS) is 14.7. The lowest BCUT2D eigenvalue weighted by Gasteiger charge is -2.30. The first-order valence-corrected chi connectivity index (χ1v) is 12.3. The van der Waals surface area contributed by atoms with Gasteiger partial charge in [0.25, 0.3) is 0 Å². The van der Waals surface area contributed by atoms with E-state index in [1.54, 1.807) is 31.5 Å². The molecule has 0 spiro atoms. The summed E-state index contributed by atoms with van der Waals surface area (Å²) in [6.45, 7) is 6.19. The molecule has 3 aromatic rings. The van der Waals surface area contributed by atoms with Crippen LogP contribution in [0.1, 0.15) is 31.7 Å². The molecule has 196 valence electrons. The van der Waals surface area contributed by atoms with Crippen LogP contribution in [0.25, 0.3) is 10.9 Å². The van der Waals surface area contributed by atoms with E-state index in [9.17, 15) is 9.18 Å². The third kappa shape index (κ3) is 7.07. The van der Waals surface area contributed by atoms with E-state index in [1.165, 1.54) is 31.2 Å². The molecule has 4 rings (SSSR count).